The van der Waals surface area contributed by atoms with Crippen molar-refractivity contribution in [2.45, 2.75) is 101 Å². The van der Waals surface area contributed by atoms with Crippen LogP contribution in [0.15, 0.2) is 0 Å². The first-order chi connectivity index (χ1) is 9.02. The topological polar surface area (TPSA) is 27.7 Å². The van der Waals surface area contributed by atoms with Gasteiger partial charge in [0.15, 0.2) is 16.6 Å². The van der Waals surface area contributed by atoms with Crippen LogP contribution in [0.25, 0.3) is 0 Å². The normalized spacial score (nSPS) is 15.5. The molecule has 0 aliphatic heterocycles. The molecule has 0 saturated carbocycles. The van der Waals surface area contributed by atoms with Crippen molar-refractivity contribution >= 4 is 34.5 Å². The summed E-state index contributed by atoms with van der Waals surface area (Å²) in [6.07, 6.45) is -5.03. The lowest BCUT2D eigenvalue weighted by Crippen LogP contribution is -2.52. The van der Waals surface area contributed by atoms with Crippen LogP contribution >= 0.6 is 0 Å². The summed E-state index contributed by atoms with van der Waals surface area (Å²) in [5, 5.41) is 0. The highest BCUT2D eigenvalue weighted by Gasteiger charge is 2.42. The van der Waals surface area contributed by atoms with Gasteiger partial charge in [-0.05, 0) is 58.4 Å². The summed E-state index contributed by atoms with van der Waals surface area (Å²) in [6.45, 7) is 15.7. The molecule has 0 aromatic carbocycles. The van der Waals surface area contributed by atoms with Crippen LogP contribution in [0.4, 0.5) is 13.2 Å². The third kappa shape index (κ3) is 22.5. The standard InChI is InChI=1S/C11H29F3O3Si4.4CH4/c1-18(15-19(2,3)4)16-21(8,17-20(5,6)7)10-9-11(12,13)14;;;;/h18H,9-10H2,1-8H3;4*1H4. The van der Waals surface area contributed by atoms with Gasteiger partial charge in [0, 0.05) is 6.42 Å². The fraction of sp³-hybridized carbons (Fsp3) is 1.00. The van der Waals surface area contributed by atoms with E-state index in [1.54, 1.807) is 6.55 Å². The van der Waals surface area contributed by atoms with Crippen molar-refractivity contribution in [3.05, 3.63) is 0 Å². The van der Waals surface area contributed by atoms with Gasteiger partial charge in [-0.3, -0.25) is 0 Å². The molecule has 25 heavy (non-hydrogen) atoms. The minimum absolute atomic E-state index is 0. The van der Waals surface area contributed by atoms with E-state index in [-0.39, 0.29) is 35.8 Å². The van der Waals surface area contributed by atoms with Gasteiger partial charge in [-0.25, -0.2) is 0 Å². The molecule has 0 radical (unpaired) electrons. The van der Waals surface area contributed by atoms with Crippen molar-refractivity contribution in [1.29, 1.82) is 0 Å². The Morgan fingerprint density at radius 1 is 0.760 bits per heavy atom. The van der Waals surface area contributed by atoms with Crippen molar-refractivity contribution in [2.75, 3.05) is 0 Å². The number of halogens is 3. The molecule has 0 aromatic heterocycles. The molecule has 2 atom stereocenters. The van der Waals surface area contributed by atoms with Crippen molar-refractivity contribution in [3.63, 3.8) is 0 Å². The zero-order chi connectivity index (χ0) is 17.1. The van der Waals surface area contributed by atoms with Crippen LogP contribution in [0.3, 0.4) is 0 Å². The molecule has 10 heteroatoms. The van der Waals surface area contributed by atoms with Crippen LogP contribution in [0.5, 0.6) is 0 Å². The average Bonchev–Trinajstić information content (AvgIpc) is 2.06. The maximum Gasteiger partial charge on any atom is 0.389 e. The van der Waals surface area contributed by atoms with Gasteiger partial charge >= 0.3 is 14.7 Å². The van der Waals surface area contributed by atoms with Crippen LogP contribution in [0.1, 0.15) is 36.1 Å². The second kappa shape index (κ2) is 12.8. The maximum atomic E-state index is 12.5. The Kier molecular flexibility index (Phi) is 18.7. The number of hydrogen-bond donors (Lipinski definition) is 0. The number of alkyl halides is 3. The van der Waals surface area contributed by atoms with E-state index in [1.165, 1.54) is 0 Å². The van der Waals surface area contributed by atoms with Gasteiger partial charge in [0.1, 0.15) is 0 Å². The minimum atomic E-state index is -4.18. The zero-order valence-corrected chi connectivity index (χ0v) is 18.5. The van der Waals surface area contributed by atoms with E-state index >= 15 is 0 Å². The molecule has 160 valence electrons. The quantitative estimate of drug-likeness (QED) is 0.374. The molecule has 0 N–H and O–H groups in total. The maximum absolute atomic E-state index is 12.5. The lowest BCUT2D eigenvalue weighted by Gasteiger charge is -2.37. The van der Waals surface area contributed by atoms with E-state index in [2.05, 4.69) is 0 Å². The largest absolute Gasteiger partial charge is 0.439 e. The van der Waals surface area contributed by atoms with E-state index in [4.69, 9.17) is 12.3 Å². The fourth-order valence-corrected chi connectivity index (χ4v) is 16.9. The molecular formula is C15H45F3O3Si4. The minimum Gasteiger partial charge on any atom is -0.439 e. The number of hydrogen-bond acceptors (Lipinski definition) is 3. The molecule has 0 aliphatic rings. The molecule has 0 aromatic rings. The zero-order valence-electron chi connectivity index (χ0n) is 14.4. The Balaban J connectivity index is -0.000000333. The SMILES string of the molecule is C.C.C.C.C[SiH](O[Si](C)(C)C)O[Si](C)(CCC(F)(F)F)O[Si](C)(C)C. The lowest BCUT2D eigenvalue weighted by molar-refractivity contribution is -0.131. The van der Waals surface area contributed by atoms with E-state index in [9.17, 15) is 13.2 Å². The Morgan fingerprint density at radius 2 is 1.16 bits per heavy atom. The van der Waals surface area contributed by atoms with Gasteiger partial charge in [0.05, 0.1) is 0 Å². The molecule has 0 spiro atoms. The van der Waals surface area contributed by atoms with Crippen LogP contribution < -0.4 is 0 Å². The average molecular weight is 443 g/mol. The predicted molar refractivity (Wildman–Crippen MR) is 117 cm³/mol. The fourth-order valence-electron chi connectivity index (χ4n) is 2.02. The van der Waals surface area contributed by atoms with Crippen LogP contribution in [-0.2, 0) is 12.3 Å². The summed E-state index contributed by atoms with van der Waals surface area (Å²) in [6, 6.07) is -0.0623. The molecular weight excluding hydrogens is 398 g/mol. The Bertz CT molecular complexity index is 331. The second-order valence-electron chi connectivity index (χ2n) is 7.38. The van der Waals surface area contributed by atoms with Gasteiger partial charge in [-0.2, -0.15) is 13.2 Å². The van der Waals surface area contributed by atoms with E-state index in [0.29, 0.717) is 0 Å². The van der Waals surface area contributed by atoms with Crippen LogP contribution in [-0.4, -0.2) is 40.7 Å². The summed E-state index contributed by atoms with van der Waals surface area (Å²) in [5.74, 6) is 0. The second-order valence-corrected chi connectivity index (χ2v) is 22.4. The first kappa shape index (κ1) is 36.5. The molecule has 0 aliphatic carbocycles. The summed E-state index contributed by atoms with van der Waals surface area (Å²) in [5.41, 5.74) is 0. The van der Waals surface area contributed by atoms with Gasteiger partial charge in [0.25, 0.3) is 9.28 Å². The van der Waals surface area contributed by atoms with Crippen LogP contribution in [0, 0.1) is 0 Å². The molecule has 0 heterocycles. The van der Waals surface area contributed by atoms with E-state index in [1.807, 2.05) is 45.8 Å². The van der Waals surface area contributed by atoms with Gasteiger partial charge in [-0.15, -0.1) is 0 Å². The molecule has 0 rings (SSSR count). The van der Waals surface area contributed by atoms with Crippen molar-refractivity contribution in [2.24, 2.45) is 0 Å². The van der Waals surface area contributed by atoms with Crippen molar-refractivity contribution in [1.82, 2.24) is 0 Å². The molecule has 0 saturated heterocycles. The molecule has 0 amide bonds. The predicted octanol–water partition coefficient (Wildman–Crippen LogP) is 7.13. The third-order valence-corrected chi connectivity index (χ3v) is 15.1. The molecule has 0 bridgehead atoms. The Labute approximate surface area is 161 Å². The van der Waals surface area contributed by atoms with Crippen molar-refractivity contribution in [3.8, 4) is 0 Å². The summed E-state index contributed by atoms with van der Waals surface area (Å²) >= 11 is 0. The third-order valence-electron chi connectivity index (χ3n) is 2.32. The molecule has 3 nitrogen and oxygen atoms in total. The highest BCUT2D eigenvalue weighted by Crippen LogP contribution is 2.30. The van der Waals surface area contributed by atoms with Gasteiger partial charge < -0.3 is 12.3 Å². The molecule has 2 unspecified atom stereocenters. The Hall–Kier alpha value is 0.538. The first-order valence-electron chi connectivity index (χ1n) is 7.14. The molecule has 0 fully saturated rings. The summed E-state index contributed by atoms with van der Waals surface area (Å²) in [7, 11) is -8.54. The number of rotatable bonds is 8. The monoisotopic (exact) mass is 442 g/mol. The van der Waals surface area contributed by atoms with Crippen LogP contribution in [0.2, 0.25) is 58.4 Å². The smallest absolute Gasteiger partial charge is 0.389 e. The van der Waals surface area contributed by atoms with E-state index < -0.39 is 47.1 Å². The van der Waals surface area contributed by atoms with Gasteiger partial charge in [-0.1, -0.05) is 29.7 Å². The lowest BCUT2D eigenvalue weighted by atomic mass is 10.5. The highest BCUT2D eigenvalue weighted by molar-refractivity contribution is 6.85. The summed E-state index contributed by atoms with van der Waals surface area (Å²) in [4.78, 5) is 0. The first-order valence-corrected chi connectivity index (χ1v) is 18.6. The van der Waals surface area contributed by atoms with Gasteiger partial charge in [0.2, 0.25) is 0 Å². The van der Waals surface area contributed by atoms with E-state index in [0.717, 1.165) is 0 Å². The van der Waals surface area contributed by atoms with Crippen molar-refractivity contribution < 1.29 is 25.5 Å². The Morgan fingerprint density at radius 3 is 1.44 bits per heavy atom. The summed E-state index contributed by atoms with van der Waals surface area (Å²) < 4.78 is 55.6. The highest BCUT2D eigenvalue weighted by atomic mass is 28.5.